The van der Waals surface area contributed by atoms with Gasteiger partial charge in [-0.05, 0) is 0 Å². The van der Waals surface area contributed by atoms with Crippen LogP contribution < -0.4 is 0 Å². The molecule has 0 saturated heterocycles. The molecule has 4 nitrogen and oxygen atoms in total. The average molecular weight is 289 g/mol. The summed E-state index contributed by atoms with van der Waals surface area (Å²) in [4.78, 5) is 21.6. The average Bonchev–Trinajstić information content (AvgIpc) is 0.722. The summed E-state index contributed by atoms with van der Waals surface area (Å²) in [7, 11) is -4.64. The van der Waals surface area contributed by atoms with Crippen molar-refractivity contribution in [3.8, 4) is 0 Å². The maximum Gasteiger partial charge on any atom is 2.00 e. The van der Waals surface area contributed by atoms with Crippen molar-refractivity contribution in [2.24, 2.45) is 0 Å². The minimum absolute atomic E-state index is 0. The Bertz CT molecular complexity index is 57.8. The van der Waals surface area contributed by atoms with Gasteiger partial charge in [-0.1, -0.05) is 0 Å². The van der Waals surface area contributed by atoms with E-state index in [0.717, 1.165) is 0 Å². The fourth-order valence-corrected chi connectivity index (χ4v) is 0. The molecule has 0 aromatic rings. The molecule has 0 radical (unpaired) electrons. The zero-order valence-electron chi connectivity index (χ0n) is 3.31. The minimum atomic E-state index is -4.64. The molecular formula is H3CdO4PSe. The van der Waals surface area contributed by atoms with Gasteiger partial charge >= 0.3 is 35.1 Å². The predicted octanol–water partition coefficient (Wildman–Crippen LogP) is -1.31. The molecule has 0 heterocycles. The molecule has 7 heavy (non-hydrogen) atoms. The number of phosphoric acid groups is 1. The first kappa shape index (κ1) is 15.8. The van der Waals surface area contributed by atoms with Crippen LogP contribution in [0.25, 0.3) is 0 Å². The van der Waals surface area contributed by atoms with Crippen LogP contribution in [0.5, 0.6) is 0 Å². The molecule has 0 spiro atoms. The Morgan fingerprint density at radius 2 is 1.14 bits per heavy atom. The third-order valence-electron chi connectivity index (χ3n) is 0. The monoisotopic (exact) mass is 292 g/mol. The third-order valence-corrected chi connectivity index (χ3v) is 0. The molecule has 3 N–H and O–H groups in total. The molecule has 0 unspecified atom stereocenters. The fourth-order valence-electron chi connectivity index (χ4n) is 0. The summed E-state index contributed by atoms with van der Waals surface area (Å²) in [5.41, 5.74) is 0. The van der Waals surface area contributed by atoms with E-state index in [4.69, 9.17) is 19.2 Å². The zero-order chi connectivity index (χ0) is 4.50. The van der Waals surface area contributed by atoms with Gasteiger partial charge < -0.3 is 31.7 Å². The Balaban J connectivity index is -0.0000000800. The summed E-state index contributed by atoms with van der Waals surface area (Å²) >= 11 is 0. The topological polar surface area (TPSA) is 77.8 Å². The molecule has 0 rings (SSSR count). The molecular weight excluding hydrogens is 286 g/mol. The third kappa shape index (κ3) is 96.7. The SMILES string of the molecule is O=P(O)(O)O.[Cd+2].[Se-2]. The normalized spacial score (nSPS) is 8.43. The van der Waals surface area contributed by atoms with E-state index in [1.807, 2.05) is 0 Å². The van der Waals surface area contributed by atoms with Crippen molar-refractivity contribution in [3.63, 3.8) is 0 Å². The van der Waals surface area contributed by atoms with Crippen molar-refractivity contribution in [1.82, 2.24) is 0 Å². The van der Waals surface area contributed by atoms with Gasteiger partial charge in [0, 0.05) is 0 Å². The number of rotatable bonds is 0. The van der Waals surface area contributed by atoms with E-state index < -0.39 is 7.82 Å². The van der Waals surface area contributed by atoms with Crippen LogP contribution in [-0.2, 0) is 31.9 Å². The largest absolute Gasteiger partial charge is 2.00 e. The summed E-state index contributed by atoms with van der Waals surface area (Å²) in [6.07, 6.45) is 0. The van der Waals surface area contributed by atoms with Gasteiger partial charge in [-0.3, -0.25) is 0 Å². The van der Waals surface area contributed by atoms with Crippen molar-refractivity contribution < 1.29 is 46.5 Å². The van der Waals surface area contributed by atoms with Gasteiger partial charge in [0.1, 0.15) is 0 Å². The van der Waals surface area contributed by atoms with Crippen LogP contribution >= 0.6 is 7.82 Å². The molecule has 0 fully saturated rings. The summed E-state index contributed by atoms with van der Waals surface area (Å²) in [5.74, 6) is 0. The van der Waals surface area contributed by atoms with Gasteiger partial charge in [0.05, 0.1) is 0 Å². The molecule has 0 aliphatic rings. The van der Waals surface area contributed by atoms with E-state index in [9.17, 15) is 0 Å². The van der Waals surface area contributed by atoms with Crippen LogP contribution in [0.2, 0.25) is 0 Å². The van der Waals surface area contributed by atoms with Gasteiger partial charge in [-0.2, -0.15) is 0 Å². The van der Waals surface area contributed by atoms with E-state index in [1.165, 1.54) is 0 Å². The Labute approximate surface area is 71.2 Å². The first-order valence-electron chi connectivity index (χ1n) is 0.783. The predicted molar refractivity (Wildman–Crippen MR) is 20.0 cm³/mol. The van der Waals surface area contributed by atoms with Gasteiger partial charge in [-0.15, -0.1) is 0 Å². The van der Waals surface area contributed by atoms with Crippen LogP contribution in [0.4, 0.5) is 0 Å². The molecule has 0 aliphatic carbocycles. The molecule has 0 bridgehead atoms. The second-order valence-corrected chi connectivity index (χ2v) is 1.54. The van der Waals surface area contributed by atoms with Gasteiger partial charge in [0.2, 0.25) is 0 Å². The van der Waals surface area contributed by atoms with Crippen molar-refractivity contribution in [2.75, 3.05) is 0 Å². The van der Waals surface area contributed by atoms with Crippen molar-refractivity contribution in [1.29, 1.82) is 0 Å². The van der Waals surface area contributed by atoms with Crippen LogP contribution in [0.3, 0.4) is 0 Å². The molecule has 0 aliphatic heterocycles. The maximum absolute atomic E-state index is 8.88. The van der Waals surface area contributed by atoms with Crippen LogP contribution in [0.15, 0.2) is 0 Å². The Kier molecular flexibility index (Phi) is 12.8. The standard InChI is InChI=1S/Cd.H3O4P.Se/c;1-5(2,3)4;/h;(H3,1,2,3,4);/q+2;;-2. The zero-order valence-corrected chi connectivity index (χ0v) is 9.96. The van der Waals surface area contributed by atoms with E-state index in [2.05, 4.69) is 0 Å². The van der Waals surface area contributed by atoms with Gasteiger partial charge in [0.15, 0.2) is 0 Å². The van der Waals surface area contributed by atoms with E-state index in [1.54, 1.807) is 0 Å². The first-order valence-corrected chi connectivity index (χ1v) is 2.35. The second-order valence-electron chi connectivity index (χ2n) is 0.513. The summed E-state index contributed by atoms with van der Waals surface area (Å²) in [5, 5.41) is 0. The summed E-state index contributed by atoms with van der Waals surface area (Å²) < 4.78 is 8.88. The molecule has 0 aromatic carbocycles. The molecule has 40 valence electrons. The van der Waals surface area contributed by atoms with Crippen molar-refractivity contribution in [2.45, 2.75) is 0 Å². The maximum atomic E-state index is 8.88. The number of hydrogen-bond donors (Lipinski definition) is 3. The Hall–Kier alpha value is 1.55. The van der Waals surface area contributed by atoms with Crippen LogP contribution in [0.1, 0.15) is 0 Å². The Morgan fingerprint density at radius 1 is 1.14 bits per heavy atom. The van der Waals surface area contributed by atoms with E-state index >= 15 is 0 Å². The first-order chi connectivity index (χ1) is 2.00. The van der Waals surface area contributed by atoms with Gasteiger partial charge in [0.25, 0.3) is 0 Å². The summed E-state index contributed by atoms with van der Waals surface area (Å²) in [6.45, 7) is 0. The summed E-state index contributed by atoms with van der Waals surface area (Å²) in [6, 6.07) is 0. The smallest absolute Gasteiger partial charge is 2.00 e. The molecule has 7 heteroatoms. The minimum Gasteiger partial charge on any atom is -2.00 e. The van der Waals surface area contributed by atoms with Crippen LogP contribution in [-0.4, -0.2) is 31.7 Å². The second kappa shape index (κ2) is 5.68. The Morgan fingerprint density at radius 3 is 1.14 bits per heavy atom. The molecule has 0 atom stereocenters. The van der Waals surface area contributed by atoms with E-state index in [0.29, 0.717) is 0 Å². The van der Waals surface area contributed by atoms with Crippen LogP contribution in [0, 0.1) is 0 Å². The molecule has 0 aromatic heterocycles. The quantitative estimate of drug-likeness (QED) is 0.382. The van der Waals surface area contributed by atoms with Gasteiger partial charge in [-0.25, -0.2) is 4.57 Å². The molecule has 0 amide bonds. The van der Waals surface area contributed by atoms with E-state index in [-0.39, 0.29) is 44.4 Å². The fraction of sp³-hybridized carbons (Fsp3) is 0. The number of hydrogen-bond acceptors (Lipinski definition) is 1. The molecule has 0 saturated carbocycles. The van der Waals surface area contributed by atoms with Crippen molar-refractivity contribution >= 4 is 24.9 Å². The van der Waals surface area contributed by atoms with Crippen molar-refractivity contribution in [3.05, 3.63) is 0 Å².